The minimum absolute atomic E-state index is 0.433. The first-order valence-electron chi connectivity index (χ1n) is 5.97. The molecule has 17 heavy (non-hydrogen) atoms. The summed E-state index contributed by atoms with van der Waals surface area (Å²) in [5, 5.41) is 10.2. The molecule has 0 aliphatic heterocycles. The van der Waals surface area contributed by atoms with E-state index in [1.807, 2.05) is 26.1 Å². The highest BCUT2D eigenvalue weighted by Gasteiger charge is 2.12. The fourth-order valence-corrected chi connectivity index (χ4v) is 1.93. The van der Waals surface area contributed by atoms with Gasteiger partial charge in [-0.2, -0.15) is 0 Å². The number of ether oxygens (including phenoxy) is 1. The SMILES string of the molecule is COCCN(C)CC(O)c1ccc(C)cc1C. The average Bonchev–Trinajstić information content (AvgIpc) is 2.26. The third-order valence-electron chi connectivity index (χ3n) is 2.95. The maximum absolute atomic E-state index is 10.2. The van der Waals surface area contributed by atoms with Gasteiger partial charge in [-0.05, 0) is 32.0 Å². The van der Waals surface area contributed by atoms with E-state index in [2.05, 4.69) is 17.9 Å². The summed E-state index contributed by atoms with van der Waals surface area (Å²) in [6, 6.07) is 6.16. The highest BCUT2D eigenvalue weighted by atomic mass is 16.5. The largest absolute Gasteiger partial charge is 0.387 e. The van der Waals surface area contributed by atoms with Crippen LogP contribution in [0.25, 0.3) is 0 Å². The molecule has 0 spiro atoms. The summed E-state index contributed by atoms with van der Waals surface area (Å²) in [6.45, 7) is 6.26. The second-order valence-corrected chi connectivity index (χ2v) is 4.63. The van der Waals surface area contributed by atoms with Crippen LogP contribution in [0.2, 0.25) is 0 Å². The molecule has 0 fully saturated rings. The first-order valence-corrected chi connectivity index (χ1v) is 5.97. The Hall–Kier alpha value is -0.900. The Morgan fingerprint density at radius 3 is 2.65 bits per heavy atom. The van der Waals surface area contributed by atoms with E-state index in [1.165, 1.54) is 5.56 Å². The van der Waals surface area contributed by atoms with Gasteiger partial charge in [-0.1, -0.05) is 23.8 Å². The summed E-state index contributed by atoms with van der Waals surface area (Å²) in [7, 11) is 3.68. The van der Waals surface area contributed by atoms with Gasteiger partial charge in [0.05, 0.1) is 12.7 Å². The van der Waals surface area contributed by atoms with Crippen molar-refractivity contribution in [3.05, 3.63) is 34.9 Å². The number of aryl methyl sites for hydroxylation is 2. The number of rotatable bonds is 6. The van der Waals surface area contributed by atoms with Gasteiger partial charge >= 0.3 is 0 Å². The first kappa shape index (κ1) is 14.2. The first-order chi connectivity index (χ1) is 8.04. The standard InChI is InChI=1S/C14H23NO2/c1-11-5-6-13(12(2)9-11)14(16)10-15(3)7-8-17-4/h5-6,9,14,16H,7-8,10H2,1-4H3. The van der Waals surface area contributed by atoms with Crippen molar-refractivity contribution >= 4 is 0 Å². The quantitative estimate of drug-likeness (QED) is 0.820. The molecule has 96 valence electrons. The van der Waals surface area contributed by atoms with Crippen LogP contribution < -0.4 is 0 Å². The number of hydrogen-bond donors (Lipinski definition) is 1. The van der Waals surface area contributed by atoms with E-state index in [0.29, 0.717) is 13.2 Å². The second kappa shape index (κ2) is 6.74. The van der Waals surface area contributed by atoms with Crippen LogP contribution >= 0.6 is 0 Å². The maximum Gasteiger partial charge on any atom is 0.0919 e. The zero-order valence-corrected chi connectivity index (χ0v) is 11.2. The van der Waals surface area contributed by atoms with Crippen molar-refractivity contribution < 1.29 is 9.84 Å². The molecule has 1 aromatic carbocycles. The molecule has 1 aromatic rings. The normalized spacial score (nSPS) is 13.1. The second-order valence-electron chi connectivity index (χ2n) is 4.63. The van der Waals surface area contributed by atoms with E-state index in [0.717, 1.165) is 17.7 Å². The number of hydrogen-bond acceptors (Lipinski definition) is 3. The molecule has 0 bridgehead atoms. The third-order valence-corrected chi connectivity index (χ3v) is 2.95. The van der Waals surface area contributed by atoms with Crippen LogP contribution in [0.1, 0.15) is 22.8 Å². The predicted octanol–water partition coefficient (Wildman–Crippen LogP) is 1.92. The molecular formula is C14H23NO2. The van der Waals surface area contributed by atoms with Crippen molar-refractivity contribution in [2.75, 3.05) is 33.9 Å². The van der Waals surface area contributed by atoms with Gasteiger partial charge in [0, 0.05) is 20.2 Å². The summed E-state index contributed by atoms with van der Waals surface area (Å²) in [6.07, 6.45) is -0.433. The van der Waals surface area contributed by atoms with Crippen LogP contribution in [0.4, 0.5) is 0 Å². The molecule has 1 N–H and O–H groups in total. The van der Waals surface area contributed by atoms with E-state index in [1.54, 1.807) is 7.11 Å². The fourth-order valence-electron chi connectivity index (χ4n) is 1.93. The Labute approximate surface area is 104 Å². The lowest BCUT2D eigenvalue weighted by molar-refractivity contribution is 0.103. The molecule has 0 aromatic heterocycles. The van der Waals surface area contributed by atoms with E-state index in [9.17, 15) is 5.11 Å². The Kier molecular flexibility index (Phi) is 5.62. The van der Waals surface area contributed by atoms with Crippen LogP contribution in [0, 0.1) is 13.8 Å². The maximum atomic E-state index is 10.2. The summed E-state index contributed by atoms with van der Waals surface area (Å²) in [5.74, 6) is 0. The number of benzene rings is 1. The van der Waals surface area contributed by atoms with Gasteiger partial charge in [-0.3, -0.25) is 0 Å². The zero-order chi connectivity index (χ0) is 12.8. The molecule has 0 amide bonds. The molecule has 0 saturated heterocycles. The van der Waals surface area contributed by atoms with Crippen molar-refractivity contribution in [2.24, 2.45) is 0 Å². The van der Waals surface area contributed by atoms with Crippen molar-refractivity contribution in [1.29, 1.82) is 0 Å². The van der Waals surface area contributed by atoms with Crippen molar-refractivity contribution in [2.45, 2.75) is 20.0 Å². The Balaban J connectivity index is 2.60. The van der Waals surface area contributed by atoms with Gasteiger partial charge in [0.25, 0.3) is 0 Å². The Morgan fingerprint density at radius 2 is 2.06 bits per heavy atom. The molecule has 3 nitrogen and oxygen atoms in total. The van der Waals surface area contributed by atoms with Gasteiger partial charge in [0.2, 0.25) is 0 Å². The number of methoxy groups -OCH3 is 1. The van der Waals surface area contributed by atoms with Gasteiger partial charge in [-0.25, -0.2) is 0 Å². The molecule has 0 heterocycles. The number of nitrogens with zero attached hydrogens (tertiary/aromatic N) is 1. The third kappa shape index (κ3) is 4.46. The zero-order valence-electron chi connectivity index (χ0n) is 11.2. The Morgan fingerprint density at radius 1 is 1.35 bits per heavy atom. The monoisotopic (exact) mass is 237 g/mol. The summed E-state index contributed by atoms with van der Waals surface area (Å²) in [5.41, 5.74) is 3.39. The lowest BCUT2D eigenvalue weighted by atomic mass is 10.0. The van der Waals surface area contributed by atoms with Crippen LogP contribution in [-0.2, 0) is 4.74 Å². The molecule has 3 heteroatoms. The van der Waals surface area contributed by atoms with Gasteiger partial charge in [0.1, 0.15) is 0 Å². The number of likely N-dealkylation sites (N-methyl/N-ethyl adjacent to an activating group) is 1. The summed E-state index contributed by atoms with van der Waals surface area (Å²) < 4.78 is 5.02. The van der Waals surface area contributed by atoms with Crippen molar-refractivity contribution in [3.8, 4) is 0 Å². The van der Waals surface area contributed by atoms with Gasteiger partial charge < -0.3 is 14.7 Å². The molecule has 1 unspecified atom stereocenters. The molecule has 0 saturated carbocycles. The molecular weight excluding hydrogens is 214 g/mol. The summed E-state index contributed by atoms with van der Waals surface area (Å²) >= 11 is 0. The number of aliphatic hydroxyl groups is 1. The van der Waals surface area contributed by atoms with Crippen molar-refractivity contribution in [3.63, 3.8) is 0 Å². The van der Waals surface area contributed by atoms with E-state index < -0.39 is 6.10 Å². The predicted molar refractivity (Wildman–Crippen MR) is 70.2 cm³/mol. The lowest BCUT2D eigenvalue weighted by Crippen LogP contribution is -2.28. The van der Waals surface area contributed by atoms with E-state index in [4.69, 9.17) is 4.74 Å². The highest BCUT2D eigenvalue weighted by Crippen LogP contribution is 2.19. The Bertz CT molecular complexity index is 352. The topological polar surface area (TPSA) is 32.7 Å². The fraction of sp³-hybridized carbons (Fsp3) is 0.571. The summed E-state index contributed by atoms with van der Waals surface area (Å²) in [4.78, 5) is 2.08. The van der Waals surface area contributed by atoms with Gasteiger partial charge in [-0.15, -0.1) is 0 Å². The van der Waals surface area contributed by atoms with Gasteiger partial charge in [0.15, 0.2) is 0 Å². The molecule has 0 aliphatic carbocycles. The minimum atomic E-state index is -0.433. The lowest BCUT2D eigenvalue weighted by Gasteiger charge is -2.21. The molecule has 0 aliphatic rings. The average molecular weight is 237 g/mol. The molecule has 1 atom stereocenters. The van der Waals surface area contributed by atoms with E-state index in [-0.39, 0.29) is 0 Å². The highest BCUT2D eigenvalue weighted by molar-refractivity contribution is 5.32. The van der Waals surface area contributed by atoms with Crippen LogP contribution in [-0.4, -0.2) is 43.9 Å². The van der Waals surface area contributed by atoms with Crippen LogP contribution in [0.15, 0.2) is 18.2 Å². The van der Waals surface area contributed by atoms with Crippen molar-refractivity contribution in [1.82, 2.24) is 4.90 Å². The van der Waals surface area contributed by atoms with Crippen LogP contribution in [0.5, 0.6) is 0 Å². The minimum Gasteiger partial charge on any atom is -0.387 e. The van der Waals surface area contributed by atoms with E-state index >= 15 is 0 Å². The smallest absolute Gasteiger partial charge is 0.0919 e. The number of aliphatic hydroxyl groups excluding tert-OH is 1. The van der Waals surface area contributed by atoms with Crippen LogP contribution in [0.3, 0.4) is 0 Å². The molecule has 1 rings (SSSR count). The molecule has 0 radical (unpaired) electrons.